The first-order chi connectivity index (χ1) is 25.0. The van der Waals surface area contributed by atoms with Crippen LogP contribution in [0.15, 0.2) is 103 Å². The van der Waals surface area contributed by atoms with Crippen LogP contribution in [0.1, 0.15) is 47.5 Å². The van der Waals surface area contributed by atoms with Crippen LogP contribution in [0.25, 0.3) is 64.2 Å². The van der Waals surface area contributed by atoms with Crippen molar-refractivity contribution in [1.29, 1.82) is 0 Å². The van der Waals surface area contributed by atoms with E-state index >= 15 is 0 Å². The maximum absolute atomic E-state index is 8.60. The van der Waals surface area contributed by atoms with Gasteiger partial charge in [0.2, 0.25) is 0 Å². The van der Waals surface area contributed by atoms with Crippen molar-refractivity contribution >= 4 is 66.3 Å². The number of thiophene rings is 1. The summed E-state index contributed by atoms with van der Waals surface area (Å²) in [5, 5.41) is 8.72. The smallest absolute Gasteiger partial charge is 0.0798 e. The molecule has 0 saturated carbocycles. The van der Waals surface area contributed by atoms with Gasteiger partial charge in [0.15, 0.2) is 0 Å². The summed E-state index contributed by atoms with van der Waals surface area (Å²) in [5.41, 5.74) is 6.76. The van der Waals surface area contributed by atoms with Gasteiger partial charge in [-0.05, 0) is 86.1 Å². The van der Waals surface area contributed by atoms with E-state index in [4.69, 9.17) is 5.48 Å². The third kappa shape index (κ3) is 6.73. The van der Waals surface area contributed by atoms with Crippen LogP contribution in [0.5, 0.6) is 0 Å². The zero-order chi connectivity index (χ0) is 37.9. The van der Waals surface area contributed by atoms with Gasteiger partial charge in [-0.3, -0.25) is 0 Å². The fraction of sp³-hybridized carbons (Fsp3) is 0.200. The standard InChI is InChI=1S/C30H24NS.C15H18NSi.Ir/c1-17(2)26-15-27(31-16-19(26)4)25-11-7-10-23-24-13-12-20-14-18(3)21-8-5-6-9-22(21)28(20)30(24)32-29(23)25;1-12-10-14(13-8-6-5-7-9-13)16-11-15(12)17(2,3)4;/h5-10,12-17H,1-4H3;5-8,10-11H,1-4H3;/q2*-1;/i4D3,17D;;. The fourth-order valence-electron chi connectivity index (χ4n) is 6.81. The summed E-state index contributed by atoms with van der Waals surface area (Å²) >= 11 is 1.73. The number of aromatic nitrogens is 2. The minimum absolute atomic E-state index is 0. The third-order valence-electron chi connectivity index (χ3n) is 9.23. The number of fused-ring (bicyclic) bond motifs is 7. The van der Waals surface area contributed by atoms with Crippen molar-refractivity contribution in [2.24, 2.45) is 0 Å². The van der Waals surface area contributed by atoms with Crippen molar-refractivity contribution in [3.05, 3.63) is 138 Å². The second kappa shape index (κ2) is 14.3. The Labute approximate surface area is 320 Å². The van der Waals surface area contributed by atoms with E-state index in [1.165, 1.54) is 54.1 Å². The SMILES string of the molecule is Cc1cc(-c2[c-]cccc2)ncc1[Si](C)(C)C.[2H]C([2H])([2H])c1cnc(-c2[c-]ccc3c2sc2c3ccc3cc(C)c4ccccc4c32)cc1C([2H])(C)C.[Ir]. The number of rotatable bonds is 4. The zero-order valence-electron chi connectivity index (χ0n) is 33.5. The summed E-state index contributed by atoms with van der Waals surface area (Å²) in [6, 6.07) is 37.7. The molecule has 0 spiro atoms. The normalized spacial score (nSPS) is 13.3. The molecule has 3 aromatic heterocycles. The number of hydrogen-bond acceptors (Lipinski definition) is 3. The van der Waals surface area contributed by atoms with Crippen LogP contribution in [0.2, 0.25) is 19.6 Å². The topological polar surface area (TPSA) is 25.8 Å². The molecule has 5 aromatic carbocycles. The van der Waals surface area contributed by atoms with Gasteiger partial charge in [-0.15, -0.1) is 59.7 Å². The Hall–Kier alpha value is -3.99. The van der Waals surface area contributed by atoms with Gasteiger partial charge in [-0.25, -0.2) is 0 Å². The number of pyridine rings is 2. The summed E-state index contributed by atoms with van der Waals surface area (Å²) in [4.78, 5) is 9.15. The molecule has 0 unspecified atom stereocenters. The predicted octanol–water partition coefficient (Wildman–Crippen LogP) is 12.4. The molecule has 50 heavy (non-hydrogen) atoms. The Balaban J connectivity index is 0.000000233. The average Bonchev–Trinajstić information content (AvgIpc) is 3.50. The van der Waals surface area contributed by atoms with Crippen molar-refractivity contribution in [3.8, 4) is 22.5 Å². The average molecular weight is 867 g/mol. The second-order valence-corrected chi connectivity index (χ2v) is 20.1. The van der Waals surface area contributed by atoms with Gasteiger partial charge < -0.3 is 9.97 Å². The molecule has 0 amide bonds. The van der Waals surface area contributed by atoms with Gasteiger partial charge in [0.25, 0.3) is 0 Å². The molecule has 0 fully saturated rings. The van der Waals surface area contributed by atoms with Gasteiger partial charge >= 0.3 is 0 Å². The Morgan fingerprint density at radius 2 is 1.46 bits per heavy atom. The van der Waals surface area contributed by atoms with E-state index in [1.807, 2.05) is 24.3 Å². The number of aryl methyl sites for hydroxylation is 3. The van der Waals surface area contributed by atoms with Crippen LogP contribution in [0, 0.1) is 32.8 Å². The van der Waals surface area contributed by atoms with E-state index in [0.717, 1.165) is 26.9 Å². The minimum atomic E-state index is -2.33. The second-order valence-electron chi connectivity index (χ2n) is 14.0. The van der Waals surface area contributed by atoms with Gasteiger partial charge in [0.05, 0.1) is 8.07 Å². The van der Waals surface area contributed by atoms with Crippen LogP contribution in [0.4, 0.5) is 0 Å². The maximum Gasteiger partial charge on any atom is 0.0798 e. The van der Waals surface area contributed by atoms with Gasteiger partial charge in [-0.2, -0.15) is 11.3 Å². The summed E-state index contributed by atoms with van der Waals surface area (Å²) in [6.45, 7) is 12.5. The number of benzene rings is 5. The summed E-state index contributed by atoms with van der Waals surface area (Å²) in [6.07, 6.45) is 3.47. The first-order valence-corrected chi connectivity index (χ1v) is 21.0. The van der Waals surface area contributed by atoms with Gasteiger partial charge in [0.1, 0.15) is 0 Å². The predicted molar refractivity (Wildman–Crippen MR) is 216 cm³/mol. The molecule has 0 atom stereocenters. The van der Waals surface area contributed by atoms with E-state index in [-0.39, 0.29) is 25.7 Å². The van der Waals surface area contributed by atoms with E-state index in [0.29, 0.717) is 11.3 Å². The molecule has 0 N–H and O–H groups in total. The molecule has 253 valence electrons. The van der Waals surface area contributed by atoms with E-state index < -0.39 is 20.8 Å². The molecule has 1 radical (unpaired) electrons. The Morgan fingerprint density at radius 3 is 2.16 bits per heavy atom. The van der Waals surface area contributed by atoms with E-state index in [2.05, 4.69) is 122 Å². The molecule has 0 aliphatic rings. The molecule has 5 heteroatoms. The molecule has 0 bridgehead atoms. The maximum atomic E-state index is 8.60. The Morgan fingerprint density at radius 1 is 0.720 bits per heavy atom. The largest absolute Gasteiger partial charge is 0.305 e. The monoisotopic (exact) mass is 867 g/mol. The van der Waals surface area contributed by atoms with E-state index in [9.17, 15) is 0 Å². The third-order valence-corrected chi connectivity index (χ3v) is 12.6. The molecule has 8 rings (SSSR count). The summed E-state index contributed by atoms with van der Waals surface area (Å²) in [5.74, 6) is -1.08. The molecular formula is C45H42IrN2SSi-2. The van der Waals surface area contributed by atoms with Crippen molar-refractivity contribution in [2.75, 3.05) is 0 Å². The molecule has 3 heterocycles. The van der Waals surface area contributed by atoms with Crippen molar-refractivity contribution < 1.29 is 25.6 Å². The quantitative estimate of drug-likeness (QED) is 0.100. The molecule has 8 aromatic rings. The summed E-state index contributed by atoms with van der Waals surface area (Å²) < 4.78 is 34.7. The Bertz CT molecular complexity index is 2660. The van der Waals surface area contributed by atoms with Crippen molar-refractivity contribution in [1.82, 2.24) is 9.97 Å². The van der Waals surface area contributed by atoms with Crippen LogP contribution >= 0.6 is 11.3 Å². The van der Waals surface area contributed by atoms with Crippen LogP contribution in [-0.4, -0.2) is 18.0 Å². The van der Waals surface area contributed by atoms with Crippen molar-refractivity contribution in [2.45, 2.75) is 60.1 Å². The zero-order valence-corrected chi connectivity index (χ0v) is 33.7. The van der Waals surface area contributed by atoms with Crippen molar-refractivity contribution in [3.63, 3.8) is 0 Å². The number of nitrogens with zero attached hydrogens (tertiary/aromatic N) is 2. The van der Waals surface area contributed by atoms with Crippen LogP contribution in [0.3, 0.4) is 0 Å². The Kier molecular flexibility index (Phi) is 8.82. The van der Waals surface area contributed by atoms with Crippen LogP contribution in [-0.2, 0) is 20.1 Å². The molecule has 0 saturated heterocycles. The molecule has 0 aliphatic heterocycles. The molecular weight excluding hydrogens is 821 g/mol. The van der Waals surface area contributed by atoms with Crippen LogP contribution < -0.4 is 5.19 Å². The molecule has 2 nitrogen and oxygen atoms in total. The number of hydrogen-bond donors (Lipinski definition) is 0. The van der Waals surface area contributed by atoms with Gasteiger partial charge in [-0.1, -0.05) is 99.0 Å². The van der Waals surface area contributed by atoms with Gasteiger partial charge in [0, 0.05) is 48.1 Å². The first-order valence-electron chi connectivity index (χ1n) is 18.7. The first kappa shape index (κ1) is 30.8. The van der Waals surface area contributed by atoms with E-state index in [1.54, 1.807) is 31.3 Å². The fourth-order valence-corrected chi connectivity index (χ4v) is 9.89. The minimum Gasteiger partial charge on any atom is -0.305 e. The summed E-state index contributed by atoms with van der Waals surface area (Å²) in [7, 11) is -1.27. The molecule has 0 aliphatic carbocycles.